The number of thiophene rings is 1. The highest BCUT2D eigenvalue weighted by atomic mass is 32.2. The van der Waals surface area contributed by atoms with Gasteiger partial charge < -0.3 is 9.47 Å². The molecule has 0 amide bonds. The van der Waals surface area contributed by atoms with Gasteiger partial charge in [0.25, 0.3) is 0 Å². The summed E-state index contributed by atoms with van der Waals surface area (Å²) in [6.07, 6.45) is 1.64. The highest BCUT2D eigenvalue weighted by Gasteiger charge is 2.37. The summed E-state index contributed by atoms with van der Waals surface area (Å²) < 4.78 is 36.4. The van der Waals surface area contributed by atoms with Crippen molar-refractivity contribution >= 4 is 27.1 Å². The van der Waals surface area contributed by atoms with E-state index in [-0.39, 0.29) is 0 Å². The molecule has 8 heteroatoms. The van der Waals surface area contributed by atoms with Crippen molar-refractivity contribution in [3.63, 3.8) is 0 Å². The summed E-state index contributed by atoms with van der Waals surface area (Å²) in [5.41, 5.74) is 1.49. The number of hydrogen-bond acceptors (Lipinski definition) is 6. The van der Waals surface area contributed by atoms with Crippen molar-refractivity contribution in [3.8, 4) is 11.5 Å². The van der Waals surface area contributed by atoms with Crippen LogP contribution in [0.15, 0.2) is 40.8 Å². The Morgan fingerprint density at radius 2 is 2.00 bits per heavy atom. The van der Waals surface area contributed by atoms with Crippen LogP contribution < -0.4 is 9.47 Å². The van der Waals surface area contributed by atoms with Gasteiger partial charge in [-0.1, -0.05) is 18.2 Å². The zero-order chi connectivity index (χ0) is 17.3. The van der Waals surface area contributed by atoms with E-state index in [2.05, 4.69) is 5.10 Å². The second kappa shape index (κ2) is 6.45. The van der Waals surface area contributed by atoms with Crippen molar-refractivity contribution in [3.05, 3.63) is 46.2 Å². The van der Waals surface area contributed by atoms with Gasteiger partial charge in [-0.25, -0.2) is 8.42 Å². The van der Waals surface area contributed by atoms with Gasteiger partial charge in [-0.3, -0.25) is 0 Å². The van der Waals surface area contributed by atoms with Crippen LogP contribution in [0.3, 0.4) is 0 Å². The van der Waals surface area contributed by atoms with E-state index < -0.39 is 16.1 Å². The second-order valence-electron chi connectivity index (χ2n) is 5.36. The maximum absolute atomic E-state index is 12.2. The van der Waals surface area contributed by atoms with E-state index >= 15 is 0 Å². The fraction of sp³-hybridized carbons (Fsp3) is 0.312. The fourth-order valence-corrected chi connectivity index (χ4v) is 4.41. The Balaban J connectivity index is 2.08. The van der Waals surface area contributed by atoms with Crippen LogP contribution in [0.25, 0.3) is 0 Å². The third-order valence-electron chi connectivity index (χ3n) is 3.81. The zero-order valence-electron chi connectivity index (χ0n) is 13.6. The normalized spacial score (nSPS) is 17.7. The van der Waals surface area contributed by atoms with Crippen molar-refractivity contribution < 1.29 is 17.9 Å². The standard InChI is InChI=1S/C16H18N2O4S2/c1-21-14-7-4-6-11(16(14)22-2)13-10-12(15-8-5-9-23-15)17-18(13)24(3,19)20/h4-9,13H,10H2,1-3H3/t13-/m1/s1. The lowest BCUT2D eigenvalue weighted by molar-refractivity contribution is 0.329. The number of para-hydroxylation sites is 1. The van der Waals surface area contributed by atoms with Crippen LogP contribution in [0.2, 0.25) is 0 Å². The molecule has 1 aliphatic rings. The Morgan fingerprint density at radius 1 is 1.21 bits per heavy atom. The molecular formula is C16H18N2O4S2. The van der Waals surface area contributed by atoms with Gasteiger partial charge >= 0.3 is 0 Å². The first-order valence-electron chi connectivity index (χ1n) is 7.27. The van der Waals surface area contributed by atoms with Gasteiger partial charge in [-0.05, 0) is 17.5 Å². The van der Waals surface area contributed by atoms with Crippen molar-refractivity contribution in [1.82, 2.24) is 4.41 Å². The molecule has 0 unspecified atom stereocenters. The van der Waals surface area contributed by atoms with Gasteiger partial charge in [0.05, 0.1) is 37.1 Å². The predicted molar refractivity (Wildman–Crippen MR) is 94.4 cm³/mol. The number of benzene rings is 1. The molecule has 1 aromatic carbocycles. The first kappa shape index (κ1) is 16.8. The predicted octanol–water partition coefficient (Wildman–Crippen LogP) is 2.88. The summed E-state index contributed by atoms with van der Waals surface area (Å²) in [6.45, 7) is 0. The van der Waals surface area contributed by atoms with Gasteiger partial charge in [0, 0.05) is 12.0 Å². The Hall–Kier alpha value is -2.06. The minimum absolute atomic E-state index is 0.456. The summed E-state index contributed by atoms with van der Waals surface area (Å²) in [5, 5.41) is 6.31. The summed E-state index contributed by atoms with van der Waals surface area (Å²) in [5.74, 6) is 1.09. The SMILES string of the molecule is COc1cccc([C@H]2CC(c3cccs3)=NN2S(C)(=O)=O)c1OC. The van der Waals surface area contributed by atoms with E-state index in [1.165, 1.54) is 15.8 Å². The summed E-state index contributed by atoms with van der Waals surface area (Å²) >= 11 is 1.54. The zero-order valence-corrected chi connectivity index (χ0v) is 15.2. The van der Waals surface area contributed by atoms with Gasteiger partial charge in [0.1, 0.15) is 0 Å². The molecule has 0 saturated carbocycles. The molecule has 24 heavy (non-hydrogen) atoms. The van der Waals surface area contributed by atoms with Crippen LogP contribution >= 0.6 is 11.3 Å². The Morgan fingerprint density at radius 3 is 2.58 bits per heavy atom. The molecular weight excluding hydrogens is 348 g/mol. The molecule has 0 saturated heterocycles. The number of rotatable bonds is 5. The van der Waals surface area contributed by atoms with Crippen LogP contribution in [0.4, 0.5) is 0 Å². The van der Waals surface area contributed by atoms with Crippen molar-refractivity contribution in [2.24, 2.45) is 5.10 Å². The molecule has 1 aromatic heterocycles. The molecule has 128 valence electrons. The van der Waals surface area contributed by atoms with Crippen molar-refractivity contribution in [2.45, 2.75) is 12.5 Å². The van der Waals surface area contributed by atoms with Gasteiger partial charge in [0.2, 0.25) is 10.0 Å². The van der Waals surface area contributed by atoms with E-state index in [9.17, 15) is 8.42 Å². The lowest BCUT2D eigenvalue weighted by Gasteiger charge is -2.23. The third kappa shape index (κ3) is 2.99. The van der Waals surface area contributed by atoms with E-state index in [0.717, 1.165) is 22.4 Å². The van der Waals surface area contributed by atoms with Gasteiger partial charge in [0.15, 0.2) is 11.5 Å². The first-order valence-corrected chi connectivity index (χ1v) is 10.00. The van der Waals surface area contributed by atoms with Crippen LogP contribution in [0.1, 0.15) is 22.9 Å². The fourth-order valence-electron chi connectivity index (χ4n) is 2.79. The molecule has 0 bridgehead atoms. The van der Waals surface area contributed by atoms with Crippen LogP contribution in [0.5, 0.6) is 11.5 Å². The summed E-state index contributed by atoms with van der Waals surface area (Å²) in [7, 11) is -0.417. The Labute approximate surface area is 145 Å². The number of hydrogen-bond donors (Lipinski definition) is 0. The number of ether oxygens (including phenoxy) is 2. The smallest absolute Gasteiger partial charge is 0.247 e. The quantitative estimate of drug-likeness (QED) is 0.816. The van der Waals surface area contributed by atoms with Gasteiger partial charge in [-0.15, -0.1) is 11.3 Å². The molecule has 0 aliphatic carbocycles. The third-order valence-corrected chi connectivity index (χ3v) is 5.74. The lowest BCUT2D eigenvalue weighted by atomic mass is 10.0. The largest absolute Gasteiger partial charge is 0.493 e. The molecule has 2 aromatic rings. The molecule has 3 rings (SSSR count). The highest BCUT2D eigenvalue weighted by Crippen LogP contribution is 2.42. The minimum Gasteiger partial charge on any atom is -0.493 e. The number of sulfonamides is 1. The molecule has 1 aliphatic heterocycles. The first-order chi connectivity index (χ1) is 11.5. The lowest BCUT2D eigenvalue weighted by Crippen LogP contribution is -2.26. The number of methoxy groups -OCH3 is 2. The number of nitrogens with zero attached hydrogens (tertiary/aromatic N) is 2. The van der Waals surface area contributed by atoms with Crippen molar-refractivity contribution in [1.29, 1.82) is 0 Å². The highest BCUT2D eigenvalue weighted by molar-refractivity contribution is 7.88. The van der Waals surface area contributed by atoms with Crippen LogP contribution in [-0.4, -0.2) is 39.0 Å². The average molecular weight is 366 g/mol. The maximum Gasteiger partial charge on any atom is 0.247 e. The average Bonchev–Trinajstić information content (AvgIpc) is 3.22. The minimum atomic E-state index is -3.51. The summed E-state index contributed by atoms with van der Waals surface area (Å²) in [6, 6.07) is 8.85. The van der Waals surface area contributed by atoms with Gasteiger partial charge in [-0.2, -0.15) is 9.52 Å². The van der Waals surface area contributed by atoms with Crippen LogP contribution in [0, 0.1) is 0 Å². The number of hydrazone groups is 1. The van der Waals surface area contributed by atoms with Crippen molar-refractivity contribution in [2.75, 3.05) is 20.5 Å². The Bertz CT molecular complexity index is 860. The molecule has 0 N–H and O–H groups in total. The molecule has 0 fully saturated rings. The maximum atomic E-state index is 12.2. The molecule has 0 radical (unpaired) electrons. The van der Waals surface area contributed by atoms with E-state index in [1.807, 2.05) is 29.6 Å². The van der Waals surface area contributed by atoms with Crippen LogP contribution in [-0.2, 0) is 10.0 Å². The Kier molecular flexibility index (Phi) is 4.51. The molecule has 1 atom stereocenters. The summed E-state index contributed by atoms with van der Waals surface area (Å²) in [4.78, 5) is 0.966. The van der Waals surface area contributed by atoms with E-state index in [1.54, 1.807) is 20.3 Å². The van der Waals surface area contributed by atoms with E-state index in [0.29, 0.717) is 17.9 Å². The molecule has 6 nitrogen and oxygen atoms in total. The molecule has 2 heterocycles. The monoisotopic (exact) mass is 366 g/mol. The topological polar surface area (TPSA) is 68.2 Å². The second-order valence-corrected chi connectivity index (χ2v) is 8.15. The van der Waals surface area contributed by atoms with E-state index in [4.69, 9.17) is 9.47 Å². The molecule has 0 spiro atoms.